The van der Waals surface area contributed by atoms with Gasteiger partial charge in [-0.2, -0.15) is 4.31 Å². The summed E-state index contributed by atoms with van der Waals surface area (Å²) in [5.41, 5.74) is 5.81. The molecule has 1 aliphatic rings. The maximum Gasteiger partial charge on any atom is 0.244 e. The van der Waals surface area contributed by atoms with Crippen molar-refractivity contribution in [3.63, 3.8) is 0 Å². The van der Waals surface area contributed by atoms with Crippen molar-refractivity contribution in [2.24, 2.45) is 11.7 Å². The number of nitrogens with zero attached hydrogens (tertiary/aromatic N) is 1. The van der Waals surface area contributed by atoms with Gasteiger partial charge < -0.3 is 5.73 Å². The predicted octanol–water partition coefficient (Wildman–Crippen LogP) is 3.35. The largest absolute Gasteiger partial charge is 0.330 e. The zero-order valence-electron chi connectivity index (χ0n) is 11.9. The molecular weight excluding hydrogens is 420 g/mol. The Hall–Kier alpha value is 0.0500. The second kappa shape index (κ2) is 7.08. The van der Waals surface area contributed by atoms with E-state index in [1.807, 2.05) is 13.0 Å². The van der Waals surface area contributed by atoms with E-state index in [4.69, 9.17) is 5.73 Å². The van der Waals surface area contributed by atoms with Gasteiger partial charge in [-0.1, -0.05) is 29.3 Å². The highest BCUT2D eigenvalue weighted by Gasteiger charge is 2.38. The van der Waals surface area contributed by atoms with Crippen molar-refractivity contribution in [1.29, 1.82) is 0 Å². The molecule has 0 aliphatic heterocycles. The third-order valence-corrected chi connectivity index (χ3v) is 7.57. The Labute approximate surface area is 143 Å². The SMILES string of the molecule is CCN(C1CCCC1CN)S(=O)(=O)c1cc(Br)ccc1Br. The van der Waals surface area contributed by atoms with Crippen LogP contribution in [0.15, 0.2) is 32.0 Å². The molecule has 0 bridgehead atoms. The van der Waals surface area contributed by atoms with Gasteiger partial charge in [-0.15, -0.1) is 0 Å². The molecule has 1 fully saturated rings. The number of rotatable bonds is 5. The molecule has 0 aromatic heterocycles. The zero-order chi connectivity index (χ0) is 15.6. The van der Waals surface area contributed by atoms with Crippen LogP contribution < -0.4 is 5.73 Å². The van der Waals surface area contributed by atoms with Crippen molar-refractivity contribution in [3.8, 4) is 0 Å². The van der Waals surface area contributed by atoms with E-state index in [-0.39, 0.29) is 12.0 Å². The number of hydrogen-bond acceptors (Lipinski definition) is 3. The monoisotopic (exact) mass is 438 g/mol. The maximum atomic E-state index is 13.0. The molecule has 2 rings (SSSR count). The van der Waals surface area contributed by atoms with Crippen molar-refractivity contribution in [2.45, 2.75) is 37.1 Å². The van der Waals surface area contributed by atoms with Crippen LogP contribution in [0.2, 0.25) is 0 Å². The minimum absolute atomic E-state index is 0.0101. The number of sulfonamides is 1. The van der Waals surface area contributed by atoms with Crippen LogP contribution in [0.1, 0.15) is 26.2 Å². The molecular formula is C14H20Br2N2O2S. The van der Waals surface area contributed by atoms with E-state index < -0.39 is 10.0 Å². The molecule has 118 valence electrons. The number of nitrogens with two attached hydrogens (primary N) is 1. The maximum absolute atomic E-state index is 13.0. The topological polar surface area (TPSA) is 63.4 Å². The van der Waals surface area contributed by atoms with Crippen molar-refractivity contribution in [1.82, 2.24) is 4.31 Å². The molecule has 1 aromatic rings. The summed E-state index contributed by atoms with van der Waals surface area (Å²) in [5.74, 6) is 0.255. The number of benzene rings is 1. The van der Waals surface area contributed by atoms with Crippen LogP contribution in [-0.2, 0) is 10.0 Å². The fraction of sp³-hybridized carbons (Fsp3) is 0.571. The first kappa shape index (κ1) is 17.4. The third kappa shape index (κ3) is 3.52. The average Bonchev–Trinajstić information content (AvgIpc) is 2.90. The lowest BCUT2D eigenvalue weighted by molar-refractivity contribution is 0.276. The minimum atomic E-state index is -3.53. The summed E-state index contributed by atoms with van der Waals surface area (Å²) < 4.78 is 29.0. The molecule has 1 aliphatic carbocycles. The summed E-state index contributed by atoms with van der Waals surface area (Å²) in [7, 11) is -3.53. The van der Waals surface area contributed by atoms with E-state index >= 15 is 0 Å². The Morgan fingerprint density at radius 3 is 2.67 bits per heavy atom. The van der Waals surface area contributed by atoms with Crippen molar-refractivity contribution in [3.05, 3.63) is 27.1 Å². The highest BCUT2D eigenvalue weighted by Crippen LogP contribution is 2.35. The van der Waals surface area contributed by atoms with Crippen molar-refractivity contribution in [2.75, 3.05) is 13.1 Å². The quantitative estimate of drug-likeness (QED) is 0.764. The summed E-state index contributed by atoms with van der Waals surface area (Å²) in [5, 5.41) is 0. The van der Waals surface area contributed by atoms with Gasteiger partial charge in [-0.25, -0.2) is 8.42 Å². The highest BCUT2D eigenvalue weighted by atomic mass is 79.9. The van der Waals surface area contributed by atoms with E-state index in [9.17, 15) is 8.42 Å². The van der Waals surface area contributed by atoms with Crippen LogP contribution in [0, 0.1) is 5.92 Å². The average molecular weight is 440 g/mol. The third-order valence-electron chi connectivity index (χ3n) is 4.08. The first-order valence-electron chi connectivity index (χ1n) is 7.08. The molecule has 2 atom stereocenters. The highest BCUT2D eigenvalue weighted by molar-refractivity contribution is 9.11. The summed E-state index contributed by atoms with van der Waals surface area (Å²) in [6.45, 7) is 2.88. The Kier molecular flexibility index (Phi) is 5.87. The summed E-state index contributed by atoms with van der Waals surface area (Å²) in [4.78, 5) is 0.307. The van der Waals surface area contributed by atoms with Crippen LogP contribution in [0.25, 0.3) is 0 Å². The molecule has 21 heavy (non-hydrogen) atoms. The second-order valence-corrected chi connectivity index (χ2v) is 8.91. The van der Waals surface area contributed by atoms with Gasteiger partial charge in [-0.05, 0) is 59.4 Å². The molecule has 7 heteroatoms. The zero-order valence-corrected chi connectivity index (χ0v) is 15.9. The van der Waals surface area contributed by atoms with E-state index in [0.717, 1.165) is 23.7 Å². The molecule has 0 heterocycles. The van der Waals surface area contributed by atoms with E-state index in [2.05, 4.69) is 31.9 Å². The normalized spacial score (nSPS) is 22.9. The molecule has 1 saturated carbocycles. The smallest absolute Gasteiger partial charge is 0.244 e. The molecule has 4 nitrogen and oxygen atoms in total. The van der Waals surface area contributed by atoms with Gasteiger partial charge in [0.1, 0.15) is 0 Å². The van der Waals surface area contributed by atoms with Crippen LogP contribution in [-0.4, -0.2) is 31.9 Å². The molecule has 0 radical (unpaired) electrons. The lowest BCUT2D eigenvalue weighted by Crippen LogP contribution is -2.44. The number of hydrogen-bond donors (Lipinski definition) is 1. The summed E-state index contributed by atoms with van der Waals surface area (Å²) >= 11 is 6.70. The minimum Gasteiger partial charge on any atom is -0.330 e. The van der Waals surface area contributed by atoms with Gasteiger partial charge in [-0.3, -0.25) is 0 Å². The van der Waals surface area contributed by atoms with Crippen LogP contribution >= 0.6 is 31.9 Å². The van der Waals surface area contributed by atoms with Crippen molar-refractivity contribution >= 4 is 41.9 Å². The van der Waals surface area contributed by atoms with Gasteiger partial charge >= 0.3 is 0 Å². The molecule has 2 unspecified atom stereocenters. The Balaban J connectivity index is 2.42. The van der Waals surface area contributed by atoms with Gasteiger partial charge in [0.15, 0.2) is 0 Å². The Bertz CT molecular complexity index is 607. The Morgan fingerprint density at radius 2 is 2.05 bits per heavy atom. The Morgan fingerprint density at radius 1 is 1.33 bits per heavy atom. The number of halogens is 2. The van der Waals surface area contributed by atoms with Crippen LogP contribution in [0.5, 0.6) is 0 Å². The van der Waals surface area contributed by atoms with Crippen LogP contribution in [0.3, 0.4) is 0 Å². The second-order valence-electron chi connectivity index (χ2n) is 5.28. The first-order chi connectivity index (χ1) is 9.91. The van der Waals surface area contributed by atoms with Crippen LogP contribution in [0.4, 0.5) is 0 Å². The van der Waals surface area contributed by atoms with Gasteiger partial charge in [0.25, 0.3) is 0 Å². The molecule has 0 saturated heterocycles. The van der Waals surface area contributed by atoms with Gasteiger partial charge in [0.2, 0.25) is 10.0 Å². The first-order valence-corrected chi connectivity index (χ1v) is 10.1. The summed E-state index contributed by atoms with van der Waals surface area (Å²) in [6.07, 6.45) is 2.94. The molecule has 0 amide bonds. The van der Waals surface area contributed by atoms with E-state index in [1.165, 1.54) is 0 Å². The predicted molar refractivity (Wildman–Crippen MR) is 91.6 cm³/mol. The van der Waals surface area contributed by atoms with Crippen molar-refractivity contribution < 1.29 is 8.42 Å². The van der Waals surface area contributed by atoms with E-state index in [0.29, 0.717) is 22.5 Å². The standard InChI is InChI=1S/C14H20Br2N2O2S/c1-2-18(13-5-3-4-10(13)9-17)21(19,20)14-8-11(15)6-7-12(14)16/h6-8,10,13H,2-5,9,17H2,1H3. The molecule has 1 aromatic carbocycles. The van der Waals surface area contributed by atoms with Gasteiger partial charge in [0.05, 0.1) is 4.90 Å². The van der Waals surface area contributed by atoms with Gasteiger partial charge in [0, 0.05) is 21.5 Å². The fourth-order valence-corrected chi connectivity index (χ4v) is 6.25. The molecule has 2 N–H and O–H groups in total. The summed E-state index contributed by atoms with van der Waals surface area (Å²) in [6, 6.07) is 5.22. The lowest BCUT2D eigenvalue weighted by atomic mass is 10.0. The fourth-order valence-electron chi connectivity index (χ4n) is 3.06. The van der Waals surface area contributed by atoms with E-state index in [1.54, 1.807) is 16.4 Å². The lowest BCUT2D eigenvalue weighted by Gasteiger charge is -2.31. The molecule has 0 spiro atoms.